The number of hydrogen-bond acceptors (Lipinski definition) is 7. The predicted molar refractivity (Wildman–Crippen MR) is 142 cm³/mol. The van der Waals surface area contributed by atoms with E-state index in [1.807, 2.05) is 25.3 Å². The minimum absolute atomic E-state index is 0.319. The van der Waals surface area contributed by atoms with Crippen molar-refractivity contribution in [1.29, 1.82) is 0 Å². The number of rotatable bonds is 7. The first kappa shape index (κ1) is 24.3. The second kappa shape index (κ2) is 9.03. The molecule has 0 unspecified atom stereocenters. The fourth-order valence-corrected chi connectivity index (χ4v) is 4.59. The van der Waals surface area contributed by atoms with Crippen LogP contribution in [0.15, 0.2) is 49.1 Å². The Kier molecular flexibility index (Phi) is 5.77. The lowest BCUT2D eigenvalue weighted by atomic mass is 10.1. The van der Waals surface area contributed by atoms with E-state index in [0.717, 1.165) is 35.1 Å². The van der Waals surface area contributed by atoms with Crippen LogP contribution in [0.5, 0.6) is 0 Å². The molecule has 11 nitrogen and oxygen atoms in total. The highest BCUT2D eigenvalue weighted by atomic mass is 35.5. The molecule has 38 heavy (non-hydrogen) atoms. The fraction of sp³-hybridized carbons (Fsp3) is 0.308. The summed E-state index contributed by atoms with van der Waals surface area (Å²) in [6.45, 7) is 5.74. The molecule has 12 heteroatoms. The molecule has 0 saturated heterocycles. The molecule has 0 bridgehead atoms. The topological polar surface area (TPSA) is 128 Å². The Labute approximate surface area is 223 Å². The number of carbonyl (C=O) groups is 1. The van der Waals surface area contributed by atoms with Crippen molar-refractivity contribution >= 4 is 28.7 Å². The normalized spacial score (nSPS) is 13.8. The maximum Gasteiger partial charge on any atom is 0.259 e. The summed E-state index contributed by atoms with van der Waals surface area (Å²) in [6.07, 6.45) is 9.02. The third-order valence-electron chi connectivity index (χ3n) is 6.39. The average molecular weight is 532 g/mol. The smallest absolute Gasteiger partial charge is 0.259 e. The van der Waals surface area contributed by atoms with Gasteiger partial charge in [-0.25, -0.2) is 4.52 Å². The highest BCUT2D eigenvalue weighted by molar-refractivity contribution is 6.34. The van der Waals surface area contributed by atoms with Gasteiger partial charge in [-0.2, -0.15) is 15.0 Å². The Morgan fingerprint density at radius 3 is 2.76 bits per heavy atom. The van der Waals surface area contributed by atoms with E-state index < -0.39 is 5.60 Å². The van der Waals surface area contributed by atoms with Crippen LogP contribution in [0.1, 0.15) is 48.7 Å². The van der Waals surface area contributed by atoms with E-state index in [9.17, 15) is 9.90 Å². The lowest BCUT2D eigenvalue weighted by molar-refractivity contribution is 0.0577. The van der Waals surface area contributed by atoms with Crippen molar-refractivity contribution in [1.82, 2.24) is 39.6 Å². The Morgan fingerprint density at radius 1 is 1.18 bits per heavy atom. The molecule has 194 valence electrons. The first-order valence-corrected chi connectivity index (χ1v) is 12.7. The van der Waals surface area contributed by atoms with Crippen LogP contribution < -0.4 is 5.32 Å². The molecule has 1 aromatic carbocycles. The molecule has 1 saturated carbocycles. The van der Waals surface area contributed by atoms with Gasteiger partial charge in [0.25, 0.3) is 5.91 Å². The Balaban J connectivity index is 1.28. The summed E-state index contributed by atoms with van der Waals surface area (Å²) in [6, 6.07) is 7.66. The van der Waals surface area contributed by atoms with E-state index in [0.29, 0.717) is 40.2 Å². The summed E-state index contributed by atoms with van der Waals surface area (Å²) in [5.74, 6) is 0.147. The van der Waals surface area contributed by atoms with Crippen LogP contribution in [-0.4, -0.2) is 56.2 Å². The van der Waals surface area contributed by atoms with Crippen molar-refractivity contribution in [2.75, 3.05) is 5.32 Å². The number of pyridine rings is 1. The number of hydrogen-bond donors (Lipinski definition) is 2. The van der Waals surface area contributed by atoms with Gasteiger partial charge in [-0.05, 0) is 74.2 Å². The van der Waals surface area contributed by atoms with Gasteiger partial charge in [0.2, 0.25) is 5.82 Å². The lowest BCUT2D eigenvalue weighted by Crippen LogP contribution is -2.26. The molecule has 6 rings (SSSR count). The lowest BCUT2D eigenvalue weighted by Gasteiger charge is -2.16. The first-order valence-electron chi connectivity index (χ1n) is 12.3. The SMILES string of the molecule is Cc1cc(Cl)c(NC(=O)c2cnn3ccc(-c4cnn(CC(C)(C)O)c4)cc23)cc1-c1nnn(C2CC2)n1. The van der Waals surface area contributed by atoms with Crippen molar-refractivity contribution in [3.63, 3.8) is 0 Å². The fourth-order valence-electron chi connectivity index (χ4n) is 4.32. The zero-order chi connectivity index (χ0) is 26.6. The quantitative estimate of drug-likeness (QED) is 0.322. The van der Waals surface area contributed by atoms with Crippen molar-refractivity contribution in [3.8, 4) is 22.5 Å². The van der Waals surface area contributed by atoms with Crippen molar-refractivity contribution in [2.45, 2.75) is 51.8 Å². The highest BCUT2D eigenvalue weighted by Crippen LogP contribution is 2.35. The first-order chi connectivity index (χ1) is 18.1. The molecule has 0 aliphatic heterocycles. The molecule has 1 fully saturated rings. The molecule has 0 radical (unpaired) electrons. The minimum Gasteiger partial charge on any atom is -0.389 e. The van der Waals surface area contributed by atoms with E-state index in [-0.39, 0.29) is 5.91 Å². The molecule has 1 amide bonds. The number of aryl methyl sites for hydroxylation is 1. The third-order valence-corrected chi connectivity index (χ3v) is 6.70. The maximum atomic E-state index is 13.4. The minimum atomic E-state index is -0.884. The van der Waals surface area contributed by atoms with E-state index in [2.05, 4.69) is 30.9 Å². The maximum absolute atomic E-state index is 13.4. The second-order valence-corrected chi connectivity index (χ2v) is 10.7. The number of fused-ring (bicyclic) bond motifs is 1. The third kappa shape index (κ3) is 4.77. The molecule has 1 aliphatic carbocycles. The molecule has 0 spiro atoms. The number of aliphatic hydroxyl groups is 1. The van der Waals surface area contributed by atoms with Crippen LogP contribution in [-0.2, 0) is 6.54 Å². The van der Waals surface area contributed by atoms with Crippen LogP contribution in [0.4, 0.5) is 5.69 Å². The van der Waals surface area contributed by atoms with E-state index in [1.54, 1.807) is 52.4 Å². The summed E-state index contributed by atoms with van der Waals surface area (Å²) in [5.41, 5.74) is 3.96. The van der Waals surface area contributed by atoms with E-state index >= 15 is 0 Å². The van der Waals surface area contributed by atoms with Gasteiger partial charge in [-0.1, -0.05) is 11.6 Å². The van der Waals surface area contributed by atoms with Gasteiger partial charge in [0.05, 0.1) is 52.4 Å². The Hall–Kier alpha value is -4.09. The number of carbonyl (C=O) groups excluding carboxylic acids is 1. The van der Waals surface area contributed by atoms with Crippen LogP contribution in [0.25, 0.3) is 28.0 Å². The molecule has 4 heterocycles. The summed E-state index contributed by atoms with van der Waals surface area (Å²) in [7, 11) is 0. The van der Waals surface area contributed by atoms with Gasteiger partial charge in [0, 0.05) is 23.5 Å². The van der Waals surface area contributed by atoms with Crippen molar-refractivity contribution in [2.24, 2.45) is 0 Å². The molecule has 5 aromatic rings. The number of benzene rings is 1. The number of nitrogens with one attached hydrogen (secondary N) is 1. The molecular formula is C26H26ClN9O2. The summed E-state index contributed by atoms with van der Waals surface area (Å²) in [4.78, 5) is 15.0. The van der Waals surface area contributed by atoms with E-state index in [1.165, 1.54) is 6.20 Å². The van der Waals surface area contributed by atoms with E-state index in [4.69, 9.17) is 11.6 Å². The molecule has 1 aliphatic rings. The van der Waals surface area contributed by atoms with Crippen LogP contribution in [0, 0.1) is 6.92 Å². The van der Waals surface area contributed by atoms with Gasteiger partial charge in [0.1, 0.15) is 0 Å². The number of nitrogens with zero attached hydrogens (tertiary/aromatic N) is 8. The monoisotopic (exact) mass is 531 g/mol. The molecular weight excluding hydrogens is 506 g/mol. The molecule has 4 aromatic heterocycles. The molecule has 2 N–H and O–H groups in total. The van der Waals surface area contributed by atoms with Gasteiger partial charge in [-0.15, -0.1) is 10.2 Å². The standard InChI is InChI=1S/C26H26ClN9O2/c1-15-8-21(27)22(10-19(15)24-31-33-36(32-24)18-4-5-18)30-25(37)20-12-29-35-7-6-16(9-23(20)35)17-11-28-34(13-17)14-26(2,3)38/h6-13,18,38H,4-5,14H2,1-3H3,(H,30,37). The van der Waals surface area contributed by atoms with Gasteiger partial charge in [-0.3, -0.25) is 9.48 Å². The number of aromatic nitrogens is 8. The number of anilines is 1. The summed E-state index contributed by atoms with van der Waals surface area (Å²) >= 11 is 6.51. The zero-order valence-corrected chi connectivity index (χ0v) is 21.9. The summed E-state index contributed by atoms with van der Waals surface area (Å²) < 4.78 is 3.33. The average Bonchev–Trinajstić information content (AvgIpc) is 3.24. The van der Waals surface area contributed by atoms with Crippen molar-refractivity contribution < 1.29 is 9.90 Å². The van der Waals surface area contributed by atoms with Crippen LogP contribution >= 0.6 is 11.6 Å². The second-order valence-electron chi connectivity index (χ2n) is 10.3. The van der Waals surface area contributed by atoms with Gasteiger partial charge < -0.3 is 10.4 Å². The number of amides is 1. The predicted octanol–water partition coefficient (Wildman–Crippen LogP) is 4.17. The Bertz CT molecular complexity index is 1670. The summed E-state index contributed by atoms with van der Waals surface area (Å²) in [5, 5.41) is 35.0. The van der Waals surface area contributed by atoms with Gasteiger partial charge >= 0.3 is 0 Å². The highest BCUT2D eigenvalue weighted by Gasteiger charge is 2.27. The largest absolute Gasteiger partial charge is 0.389 e. The van der Waals surface area contributed by atoms with Crippen LogP contribution in [0.3, 0.4) is 0 Å². The zero-order valence-electron chi connectivity index (χ0n) is 21.1. The van der Waals surface area contributed by atoms with Crippen LogP contribution in [0.2, 0.25) is 5.02 Å². The van der Waals surface area contributed by atoms with Gasteiger partial charge in [0.15, 0.2) is 0 Å². The van der Waals surface area contributed by atoms with Crippen molar-refractivity contribution in [3.05, 3.63) is 65.2 Å². The number of halogens is 1. The molecule has 0 atom stereocenters. The Morgan fingerprint density at radius 2 is 2.00 bits per heavy atom. The number of tetrazole rings is 1.